The monoisotopic (exact) mass is 264 g/mol. The first-order valence-corrected chi connectivity index (χ1v) is 7.03. The maximum Gasteiger partial charge on any atom is 0.0615 e. The molecule has 0 radical (unpaired) electrons. The molecule has 1 N–H and O–H groups in total. The van der Waals surface area contributed by atoms with E-state index in [1.54, 1.807) is 7.11 Å². The van der Waals surface area contributed by atoms with Crippen molar-refractivity contribution in [3.05, 3.63) is 35.4 Å². The van der Waals surface area contributed by atoms with Gasteiger partial charge in [0.1, 0.15) is 0 Å². The summed E-state index contributed by atoms with van der Waals surface area (Å²) in [6, 6.07) is 9.75. The van der Waals surface area contributed by atoms with E-state index < -0.39 is 0 Å². The molecule has 0 fully saturated rings. The number of benzene rings is 1. The minimum absolute atomic E-state index is 0.433. The lowest BCUT2D eigenvalue weighted by molar-refractivity contribution is 0.112. The van der Waals surface area contributed by atoms with Crippen molar-refractivity contribution in [2.24, 2.45) is 0 Å². The zero-order chi connectivity index (χ0) is 14.3. The number of hydrogen-bond acceptors (Lipinski definition) is 3. The molecule has 0 saturated carbocycles. The van der Waals surface area contributed by atoms with Gasteiger partial charge in [-0.1, -0.05) is 38.1 Å². The van der Waals surface area contributed by atoms with Gasteiger partial charge in [0.25, 0.3) is 0 Å². The molecule has 0 aliphatic rings. The molecular weight excluding hydrogens is 236 g/mol. The lowest BCUT2D eigenvalue weighted by Gasteiger charge is -2.24. The molecule has 108 valence electrons. The van der Waals surface area contributed by atoms with E-state index in [1.165, 1.54) is 11.1 Å². The molecule has 1 unspecified atom stereocenters. The first-order valence-electron chi connectivity index (χ1n) is 7.03. The van der Waals surface area contributed by atoms with E-state index in [0.29, 0.717) is 12.1 Å². The molecule has 0 saturated heterocycles. The maximum atomic E-state index is 5.20. The molecule has 0 spiro atoms. The normalized spacial score (nSPS) is 13.2. The second-order valence-electron chi connectivity index (χ2n) is 5.58. The van der Waals surface area contributed by atoms with E-state index in [-0.39, 0.29) is 0 Å². The lowest BCUT2D eigenvalue weighted by atomic mass is 10.1. The van der Waals surface area contributed by atoms with Crippen LogP contribution in [0.15, 0.2) is 24.3 Å². The van der Waals surface area contributed by atoms with Crippen molar-refractivity contribution in [3.8, 4) is 0 Å². The molecule has 0 aliphatic carbocycles. The van der Waals surface area contributed by atoms with E-state index >= 15 is 0 Å². The number of hydrogen-bond donors (Lipinski definition) is 1. The summed E-state index contributed by atoms with van der Waals surface area (Å²) in [5.74, 6) is 0. The van der Waals surface area contributed by atoms with Gasteiger partial charge in [-0.25, -0.2) is 0 Å². The first-order chi connectivity index (χ1) is 9.02. The van der Waals surface area contributed by atoms with Crippen LogP contribution in [0.4, 0.5) is 0 Å². The van der Waals surface area contributed by atoms with Crippen LogP contribution < -0.4 is 5.32 Å². The van der Waals surface area contributed by atoms with Crippen molar-refractivity contribution < 1.29 is 4.74 Å². The summed E-state index contributed by atoms with van der Waals surface area (Å²) < 4.78 is 5.20. The predicted octanol–water partition coefficient (Wildman–Crippen LogP) is 2.65. The van der Waals surface area contributed by atoms with Crippen LogP contribution in [0.2, 0.25) is 0 Å². The highest BCUT2D eigenvalue weighted by atomic mass is 16.5. The number of nitrogens with zero attached hydrogens (tertiary/aromatic N) is 1. The molecule has 1 rings (SSSR count). The lowest BCUT2D eigenvalue weighted by Crippen LogP contribution is -2.32. The molecule has 1 aromatic carbocycles. The van der Waals surface area contributed by atoms with Gasteiger partial charge >= 0.3 is 0 Å². The summed E-state index contributed by atoms with van der Waals surface area (Å²) in [7, 11) is 3.89. The third-order valence-electron chi connectivity index (χ3n) is 3.30. The summed E-state index contributed by atoms with van der Waals surface area (Å²) in [6.45, 7) is 9.19. The molecule has 1 aromatic rings. The van der Waals surface area contributed by atoms with Gasteiger partial charge in [-0.15, -0.1) is 0 Å². The number of methoxy groups -OCH3 is 1. The van der Waals surface area contributed by atoms with Crippen LogP contribution in [0.1, 0.15) is 31.9 Å². The van der Waals surface area contributed by atoms with Gasteiger partial charge in [0.2, 0.25) is 0 Å². The number of likely N-dealkylation sites (N-methyl/N-ethyl adjacent to an activating group) is 1. The number of nitrogens with one attached hydrogen (secondary N) is 1. The minimum Gasteiger partial charge on any atom is -0.383 e. The van der Waals surface area contributed by atoms with E-state index in [1.807, 2.05) is 0 Å². The summed E-state index contributed by atoms with van der Waals surface area (Å²) in [6.07, 6.45) is 0. The van der Waals surface area contributed by atoms with Crippen molar-refractivity contribution in [2.45, 2.75) is 45.9 Å². The summed E-state index contributed by atoms with van der Waals surface area (Å²) in [5.41, 5.74) is 2.70. The van der Waals surface area contributed by atoms with Gasteiger partial charge in [-0.3, -0.25) is 4.90 Å². The standard InChI is InChI=1S/C16H28N2O/c1-13(2)17-10-15-7-6-8-16(9-15)11-18(4)14(3)12-19-5/h6-9,13-14,17H,10-12H2,1-5H3. The largest absolute Gasteiger partial charge is 0.383 e. The van der Waals surface area contributed by atoms with Crippen LogP contribution in [0.5, 0.6) is 0 Å². The fourth-order valence-corrected chi connectivity index (χ4v) is 1.97. The van der Waals surface area contributed by atoms with Crippen molar-refractivity contribution in [2.75, 3.05) is 20.8 Å². The van der Waals surface area contributed by atoms with Crippen LogP contribution in [0.25, 0.3) is 0 Å². The molecule has 0 heterocycles. The molecule has 0 aromatic heterocycles. The fourth-order valence-electron chi connectivity index (χ4n) is 1.97. The molecular formula is C16H28N2O. The van der Waals surface area contributed by atoms with Gasteiger partial charge in [0.05, 0.1) is 6.61 Å². The Morgan fingerprint density at radius 3 is 2.53 bits per heavy atom. The third kappa shape index (κ3) is 6.19. The quantitative estimate of drug-likeness (QED) is 0.781. The SMILES string of the molecule is COCC(C)N(C)Cc1cccc(CNC(C)C)c1. The summed E-state index contributed by atoms with van der Waals surface area (Å²) >= 11 is 0. The molecule has 0 bridgehead atoms. The minimum atomic E-state index is 0.433. The Labute approximate surface area is 118 Å². The second kappa shape index (κ2) is 8.31. The smallest absolute Gasteiger partial charge is 0.0615 e. The van der Waals surface area contributed by atoms with Crippen LogP contribution >= 0.6 is 0 Å². The van der Waals surface area contributed by atoms with E-state index in [0.717, 1.165) is 19.7 Å². The van der Waals surface area contributed by atoms with E-state index in [9.17, 15) is 0 Å². The average molecular weight is 264 g/mol. The second-order valence-corrected chi connectivity index (χ2v) is 5.58. The van der Waals surface area contributed by atoms with Crippen LogP contribution in [-0.2, 0) is 17.8 Å². The van der Waals surface area contributed by atoms with Gasteiger partial charge in [0, 0.05) is 32.3 Å². The van der Waals surface area contributed by atoms with Gasteiger partial charge in [-0.05, 0) is 25.1 Å². The Balaban J connectivity index is 2.56. The summed E-state index contributed by atoms with van der Waals surface area (Å²) in [4.78, 5) is 2.32. The van der Waals surface area contributed by atoms with Gasteiger partial charge in [0.15, 0.2) is 0 Å². The van der Waals surface area contributed by atoms with Gasteiger partial charge in [-0.2, -0.15) is 0 Å². The van der Waals surface area contributed by atoms with E-state index in [2.05, 4.69) is 62.3 Å². The van der Waals surface area contributed by atoms with Crippen LogP contribution in [0, 0.1) is 0 Å². The zero-order valence-electron chi connectivity index (χ0n) is 12.9. The Morgan fingerprint density at radius 2 is 1.89 bits per heavy atom. The Hall–Kier alpha value is -0.900. The van der Waals surface area contributed by atoms with Crippen molar-refractivity contribution >= 4 is 0 Å². The third-order valence-corrected chi connectivity index (χ3v) is 3.30. The molecule has 3 nitrogen and oxygen atoms in total. The maximum absolute atomic E-state index is 5.20. The fraction of sp³-hybridized carbons (Fsp3) is 0.625. The molecule has 3 heteroatoms. The van der Waals surface area contributed by atoms with Crippen molar-refractivity contribution in [1.29, 1.82) is 0 Å². The molecule has 0 aliphatic heterocycles. The van der Waals surface area contributed by atoms with Crippen molar-refractivity contribution in [3.63, 3.8) is 0 Å². The van der Waals surface area contributed by atoms with Crippen molar-refractivity contribution in [1.82, 2.24) is 10.2 Å². The molecule has 0 amide bonds. The molecule has 19 heavy (non-hydrogen) atoms. The number of ether oxygens (including phenoxy) is 1. The summed E-state index contributed by atoms with van der Waals surface area (Å²) in [5, 5.41) is 3.45. The van der Waals surface area contributed by atoms with Crippen LogP contribution in [-0.4, -0.2) is 37.7 Å². The van der Waals surface area contributed by atoms with Crippen LogP contribution in [0.3, 0.4) is 0 Å². The predicted molar refractivity (Wildman–Crippen MR) is 81.2 cm³/mol. The highest BCUT2D eigenvalue weighted by molar-refractivity contribution is 5.23. The van der Waals surface area contributed by atoms with E-state index in [4.69, 9.17) is 4.74 Å². The zero-order valence-corrected chi connectivity index (χ0v) is 12.9. The van der Waals surface area contributed by atoms with Gasteiger partial charge < -0.3 is 10.1 Å². The highest BCUT2D eigenvalue weighted by Gasteiger charge is 2.09. The number of rotatable bonds is 8. The topological polar surface area (TPSA) is 24.5 Å². The first kappa shape index (κ1) is 16.2. The molecule has 1 atom stereocenters. The Bertz CT molecular complexity index is 366. The Morgan fingerprint density at radius 1 is 1.21 bits per heavy atom. The Kier molecular flexibility index (Phi) is 7.06. The average Bonchev–Trinajstić information content (AvgIpc) is 2.37. The highest BCUT2D eigenvalue weighted by Crippen LogP contribution is 2.10.